The minimum Gasteiger partial charge on any atom is -0.478 e. The molecule has 0 fully saturated rings. The van der Waals surface area contributed by atoms with Crippen LogP contribution in [0, 0.1) is 0 Å². The third kappa shape index (κ3) is 5.11. The zero-order valence-corrected chi connectivity index (χ0v) is 17.0. The molecule has 3 aromatic rings. The van der Waals surface area contributed by atoms with Crippen molar-refractivity contribution >= 4 is 29.1 Å². The van der Waals surface area contributed by atoms with Gasteiger partial charge in [-0.05, 0) is 30.3 Å². The summed E-state index contributed by atoms with van der Waals surface area (Å²) in [6.45, 7) is 0.229. The van der Waals surface area contributed by atoms with Gasteiger partial charge in [0.05, 0.1) is 16.6 Å². The molecule has 0 amide bonds. The Hall–Kier alpha value is -3.48. The first-order valence-electron chi connectivity index (χ1n) is 9.14. The predicted octanol–water partition coefficient (Wildman–Crippen LogP) is 3.23. The lowest BCUT2D eigenvalue weighted by atomic mass is 10.1. The molecule has 152 valence electrons. The monoisotopic (exact) mass is 421 g/mol. The quantitative estimate of drug-likeness (QED) is 0.665. The Morgan fingerprint density at radius 3 is 2.23 bits per heavy atom. The number of hydrogen-bond donors (Lipinski definition) is 2. The number of aromatic carboxylic acids is 1. The number of carboxylic acids is 1. The van der Waals surface area contributed by atoms with E-state index in [1.165, 1.54) is 5.06 Å². The minimum atomic E-state index is -0.879. The average Bonchev–Trinajstić information content (AvgIpc) is 2.90. The zero-order valence-electron chi connectivity index (χ0n) is 16.2. The molecule has 0 saturated carbocycles. The molecule has 0 unspecified atom stereocenters. The summed E-state index contributed by atoms with van der Waals surface area (Å²) >= 11 is 6.12. The first kappa shape index (κ1) is 21.2. The molecular formula is C23H20ClN3O3. The van der Waals surface area contributed by atoms with Crippen molar-refractivity contribution in [2.24, 2.45) is 9.98 Å². The molecule has 0 bridgehead atoms. The highest BCUT2D eigenvalue weighted by molar-refractivity contribution is 6.30. The third-order valence-electron chi connectivity index (χ3n) is 4.34. The van der Waals surface area contributed by atoms with Crippen LogP contribution in [0.3, 0.4) is 0 Å². The average molecular weight is 422 g/mol. The van der Waals surface area contributed by atoms with E-state index >= 15 is 0 Å². The van der Waals surface area contributed by atoms with E-state index in [1.54, 1.807) is 43.4 Å². The maximum absolute atomic E-state index is 10.5. The zero-order chi connectivity index (χ0) is 21.5. The number of fused-ring (bicyclic) bond motifs is 1. The number of aliphatic imine (C=N–C) groups is 1. The number of carbonyl (C=O) groups is 1. The maximum atomic E-state index is 10.5. The van der Waals surface area contributed by atoms with Gasteiger partial charge in [0.25, 0.3) is 0 Å². The van der Waals surface area contributed by atoms with Crippen LogP contribution in [-0.4, -0.2) is 40.8 Å². The van der Waals surface area contributed by atoms with E-state index in [1.807, 2.05) is 42.5 Å². The van der Waals surface area contributed by atoms with Crippen molar-refractivity contribution in [2.75, 3.05) is 13.6 Å². The van der Waals surface area contributed by atoms with Gasteiger partial charge in [0, 0.05) is 22.9 Å². The van der Waals surface area contributed by atoms with E-state index in [0.717, 1.165) is 16.1 Å². The molecular weight excluding hydrogens is 402 g/mol. The van der Waals surface area contributed by atoms with Crippen molar-refractivity contribution in [2.45, 2.75) is 0 Å². The van der Waals surface area contributed by atoms with Gasteiger partial charge >= 0.3 is 5.97 Å². The lowest BCUT2D eigenvalue weighted by Gasteiger charge is -2.19. The van der Waals surface area contributed by atoms with Gasteiger partial charge in [0.15, 0.2) is 0 Å². The topological polar surface area (TPSA) is 85.5 Å². The normalized spacial score (nSPS) is 14.2. The maximum Gasteiger partial charge on any atom is 0.335 e. The molecule has 6 nitrogen and oxygen atoms in total. The smallest absolute Gasteiger partial charge is 0.335 e. The molecule has 1 aliphatic heterocycles. The summed E-state index contributed by atoms with van der Waals surface area (Å²) < 4.78 is 0. The second-order valence-corrected chi connectivity index (χ2v) is 6.79. The summed E-state index contributed by atoms with van der Waals surface area (Å²) in [4.78, 5) is 18.8. The van der Waals surface area contributed by atoms with Crippen molar-refractivity contribution in [1.29, 1.82) is 0 Å². The predicted molar refractivity (Wildman–Crippen MR) is 116 cm³/mol. The van der Waals surface area contributed by atoms with E-state index in [2.05, 4.69) is 9.98 Å². The Kier molecular flexibility index (Phi) is 6.95. The molecule has 30 heavy (non-hydrogen) atoms. The number of halogens is 1. The van der Waals surface area contributed by atoms with Gasteiger partial charge in [-0.1, -0.05) is 60.1 Å². The van der Waals surface area contributed by atoms with Gasteiger partial charge in [-0.25, -0.2) is 14.9 Å². The summed E-state index contributed by atoms with van der Waals surface area (Å²) in [5.74, 6) is -0.317. The molecule has 0 spiro atoms. The summed E-state index contributed by atoms with van der Waals surface area (Å²) in [7, 11) is 1.66. The Morgan fingerprint density at radius 2 is 1.67 bits per heavy atom. The number of rotatable bonds is 2. The summed E-state index contributed by atoms with van der Waals surface area (Å²) in [5, 5.41) is 22.1. The fraction of sp³-hybridized carbons (Fsp3) is 0.0870. The number of carboxylic acid groups (broad SMARTS) is 1. The van der Waals surface area contributed by atoms with Crippen molar-refractivity contribution in [1.82, 2.24) is 5.06 Å². The first-order chi connectivity index (χ1) is 14.5. The van der Waals surface area contributed by atoms with Crippen molar-refractivity contribution in [3.63, 3.8) is 0 Å². The molecule has 7 heteroatoms. The van der Waals surface area contributed by atoms with Crippen molar-refractivity contribution in [3.05, 3.63) is 106 Å². The molecule has 1 heterocycles. The second-order valence-electron chi connectivity index (χ2n) is 6.36. The van der Waals surface area contributed by atoms with Crippen LogP contribution in [0.5, 0.6) is 0 Å². The van der Waals surface area contributed by atoms with Crippen LogP contribution in [0.2, 0.25) is 5.02 Å². The molecule has 3 aromatic carbocycles. The SMILES string of the molecule is CN=C1CN(O)C(c2ccccc2)=c2cc(Cl)ccc2=N1.O=C(O)c1ccccc1. The Bertz CT molecular complexity index is 1180. The van der Waals surface area contributed by atoms with Crippen LogP contribution in [0.15, 0.2) is 88.8 Å². The Balaban J connectivity index is 0.000000239. The van der Waals surface area contributed by atoms with Gasteiger partial charge in [-0.3, -0.25) is 10.2 Å². The summed E-state index contributed by atoms with van der Waals surface area (Å²) in [6, 6.07) is 23.4. The van der Waals surface area contributed by atoms with Crippen LogP contribution < -0.4 is 10.6 Å². The third-order valence-corrected chi connectivity index (χ3v) is 4.57. The van der Waals surface area contributed by atoms with Crippen LogP contribution in [-0.2, 0) is 0 Å². The highest BCUT2D eigenvalue weighted by Crippen LogP contribution is 2.15. The molecule has 4 rings (SSSR count). The second kappa shape index (κ2) is 9.82. The van der Waals surface area contributed by atoms with Gasteiger partial charge in [0.1, 0.15) is 12.4 Å². The standard InChI is InChI=1S/C16H14ClN3O.C7H6O2/c1-18-15-10-20(21)16(11-5-3-2-4-6-11)13-9-12(17)7-8-14(13)19-15;8-7(9)6-4-2-1-3-5-6/h2-9,21H,10H2,1H3;1-5H,(H,8,9). The number of nitrogens with zero attached hydrogens (tertiary/aromatic N) is 3. The summed E-state index contributed by atoms with van der Waals surface area (Å²) in [6.07, 6.45) is 0. The summed E-state index contributed by atoms with van der Waals surface area (Å²) in [5.41, 5.74) is 1.91. The molecule has 0 saturated heterocycles. The first-order valence-corrected chi connectivity index (χ1v) is 9.52. The lowest BCUT2D eigenvalue weighted by Crippen LogP contribution is -2.31. The minimum absolute atomic E-state index is 0.229. The number of benzene rings is 3. The van der Waals surface area contributed by atoms with Crippen LogP contribution >= 0.6 is 11.6 Å². The van der Waals surface area contributed by atoms with Crippen LogP contribution in [0.25, 0.3) is 5.70 Å². The molecule has 0 atom stereocenters. The van der Waals surface area contributed by atoms with E-state index < -0.39 is 5.97 Å². The highest BCUT2D eigenvalue weighted by Gasteiger charge is 2.17. The van der Waals surface area contributed by atoms with E-state index in [0.29, 0.717) is 22.1 Å². The fourth-order valence-corrected chi connectivity index (χ4v) is 3.10. The van der Waals surface area contributed by atoms with E-state index in [-0.39, 0.29) is 6.54 Å². The van der Waals surface area contributed by atoms with Crippen LogP contribution in [0.1, 0.15) is 15.9 Å². The van der Waals surface area contributed by atoms with E-state index in [9.17, 15) is 10.0 Å². The van der Waals surface area contributed by atoms with Gasteiger partial charge in [0.2, 0.25) is 0 Å². The number of hydroxylamine groups is 2. The Morgan fingerprint density at radius 1 is 1.03 bits per heavy atom. The molecule has 0 aliphatic carbocycles. The van der Waals surface area contributed by atoms with Gasteiger partial charge in [-0.2, -0.15) is 0 Å². The lowest BCUT2D eigenvalue weighted by molar-refractivity contribution is -0.0119. The largest absolute Gasteiger partial charge is 0.478 e. The molecule has 2 N–H and O–H groups in total. The number of amidine groups is 1. The highest BCUT2D eigenvalue weighted by atomic mass is 35.5. The van der Waals surface area contributed by atoms with Gasteiger partial charge in [-0.15, -0.1) is 0 Å². The van der Waals surface area contributed by atoms with Crippen molar-refractivity contribution < 1.29 is 15.1 Å². The van der Waals surface area contributed by atoms with E-state index in [4.69, 9.17) is 16.7 Å². The molecule has 0 radical (unpaired) electrons. The molecule has 0 aromatic heterocycles. The van der Waals surface area contributed by atoms with Crippen LogP contribution in [0.4, 0.5) is 0 Å². The Labute approximate surface area is 178 Å². The van der Waals surface area contributed by atoms with Gasteiger partial charge < -0.3 is 5.11 Å². The fourth-order valence-electron chi connectivity index (χ4n) is 2.92. The molecule has 1 aliphatic rings. The van der Waals surface area contributed by atoms with Crippen molar-refractivity contribution in [3.8, 4) is 0 Å². The number of hydrogen-bond acceptors (Lipinski definition) is 4.